The highest BCUT2D eigenvalue weighted by Gasteiger charge is 2.08. The summed E-state index contributed by atoms with van der Waals surface area (Å²) in [6.07, 6.45) is 1.16. The van der Waals surface area contributed by atoms with Gasteiger partial charge in [-0.2, -0.15) is 0 Å². The molecule has 1 fully saturated rings. The molecule has 0 amide bonds. The van der Waals surface area contributed by atoms with E-state index in [2.05, 4.69) is 16.3 Å². The summed E-state index contributed by atoms with van der Waals surface area (Å²) >= 11 is 0. The van der Waals surface area contributed by atoms with Crippen LogP contribution in [0.25, 0.3) is 0 Å². The third-order valence-corrected chi connectivity index (χ3v) is 3.35. The van der Waals surface area contributed by atoms with E-state index in [0.29, 0.717) is 0 Å². The topological polar surface area (TPSA) is 50.5 Å². The summed E-state index contributed by atoms with van der Waals surface area (Å²) in [7, 11) is 0. The molecule has 2 rings (SSSR count). The van der Waals surface area contributed by atoms with E-state index in [9.17, 15) is 0 Å². The molecule has 0 aromatic heterocycles. The van der Waals surface area contributed by atoms with Crippen molar-refractivity contribution in [2.45, 2.75) is 13.3 Å². The molecule has 1 aliphatic rings. The van der Waals surface area contributed by atoms with Crippen LogP contribution < -0.4 is 11.1 Å². The Hall–Kier alpha value is -1.26. The standard InChI is InChI=1S/C14H23N3O/c1-12-11-13(3-4-14(12)15)16-5-2-6-17-7-9-18-10-8-17/h3-4,11,16H,2,5-10,15H2,1H3. The largest absolute Gasteiger partial charge is 0.399 e. The molecule has 1 saturated heterocycles. The minimum atomic E-state index is 0.855. The molecule has 0 radical (unpaired) electrons. The van der Waals surface area contributed by atoms with Crippen LogP contribution in [0.1, 0.15) is 12.0 Å². The average molecular weight is 249 g/mol. The maximum Gasteiger partial charge on any atom is 0.0594 e. The zero-order valence-electron chi connectivity index (χ0n) is 11.1. The lowest BCUT2D eigenvalue weighted by molar-refractivity contribution is 0.0378. The van der Waals surface area contributed by atoms with Gasteiger partial charge in [0.1, 0.15) is 0 Å². The van der Waals surface area contributed by atoms with Crippen LogP contribution in [0.3, 0.4) is 0 Å². The molecular formula is C14H23N3O. The minimum absolute atomic E-state index is 0.855. The summed E-state index contributed by atoms with van der Waals surface area (Å²) < 4.78 is 5.33. The van der Waals surface area contributed by atoms with Crippen molar-refractivity contribution in [3.05, 3.63) is 23.8 Å². The van der Waals surface area contributed by atoms with Crippen molar-refractivity contribution in [3.8, 4) is 0 Å². The lowest BCUT2D eigenvalue weighted by Gasteiger charge is -2.26. The van der Waals surface area contributed by atoms with Gasteiger partial charge in [0.15, 0.2) is 0 Å². The summed E-state index contributed by atoms with van der Waals surface area (Å²) in [5, 5.41) is 3.44. The van der Waals surface area contributed by atoms with Crippen LogP contribution in [0, 0.1) is 6.92 Å². The third-order valence-electron chi connectivity index (χ3n) is 3.35. The SMILES string of the molecule is Cc1cc(NCCCN2CCOCC2)ccc1N. The molecule has 0 saturated carbocycles. The Bertz CT molecular complexity index is 375. The zero-order valence-corrected chi connectivity index (χ0v) is 11.1. The summed E-state index contributed by atoms with van der Waals surface area (Å²) in [4.78, 5) is 2.46. The first-order valence-corrected chi connectivity index (χ1v) is 6.66. The second kappa shape index (κ2) is 6.61. The van der Waals surface area contributed by atoms with Gasteiger partial charge in [-0.25, -0.2) is 0 Å². The van der Waals surface area contributed by atoms with Crippen molar-refractivity contribution in [2.75, 3.05) is 50.4 Å². The van der Waals surface area contributed by atoms with Gasteiger partial charge in [0.2, 0.25) is 0 Å². The molecule has 0 bridgehead atoms. The fraction of sp³-hybridized carbons (Fsp3) is 0.571. The van der Waals surface area contributed by atoms with Crippen LogP contribution in [0.2, 0.25) is 0 Å². The van der Waals surface area contributed by atoms with E-state index in [1.807, 2.05) is 19.1 Å². The molecule has 0 unspecified atom stereocenters. The highest BCUT2D eigenvalue weighted by Crippen LogP contribution is 2.16. The van der Waals surface area contributed by atoms with E-state index in [0.717, 1.165) is 62.8 Å². The molecule has 1 aromatic rings. The van der Waals surface area contributed by atoms with Gasteiger partial charge in [0.05, 0.1) is 13.2 Å². The van der Waals surface area contributed by atoms with Gasteiger partial charge in [0, 0.05) is 31.0 Å². The molecular weight excluding hydrogens is 226 g/mol. The van der Waals surface area contributed by atoms with Gasteiger partial charge >= 0.3 is 0 Å². The van der Waals surface area contributed by atoms with Gasteiger partial charge in [-0.05, 0) is 43.7 Å². The smallest absolute Gasteiger partial charge is 0.0594 e. The first kappa shape index (κ1) is 13.2. The van der Waals surface area contributed by atoms with Gasteiger partial charge in [-0.3, -0.25) is 4.90 Å². The maximum absolute atomic E-state index is 5.79. The second-order valence-electron chi connectivity index (χ2n) is 4.81. The fourth-order valence-electron chi connectivity index (χ4n) is 2.15. The number of ether oxygens (including phenoxy) is 1. The van der Waals surface area contributed by atoms with Crippen molar-refractivity contribution in [1.82, 2.24) is 4.90 Å². The number of aryl methyl sites for hydroxylation is 1. The summed E-state index contributed by atoms with van der Waals surface area (Å²) in [5.41, 5.74) is 8.94. The second-order valence-corrected chi connectivity index (χ2v) is 4.81. The number of hydrogen-bond donors (Lipinski definition) is 2. The first-order valence-electron chi connectivity index (χ1n) is 6.66. The molecule has 1 heterocycles. The summed E-state index contributed by atoms with van der Waals surface area (Å²) in [6, 6.07) is 6.10. The molecule has 0 spiro atoms. The maximum atomic E-state index is 5.79. The Balaban J connectivity index is 1.66. The van der Waals surface area contributed by atoms with Crippen LogP contribution in [0.15, 0.2) is 18.2 Å². The van der Waals surface area contributed by atoms with E-state index in [1.165, 1.54) is 0 Å². The number of nitrogens with one attached hydrogen (secondary N) is 1. The predicted octanol–water partition coefficient (Wildman–Crippen LogP) is 1.71. The average Bonchev–Trinajstić information content (AvgIpc) is 2.40. The summed E-state index contributed by atoms with van der Waals surface area (Å²) in [6.45, 7) is 8.08. The highest BCUT2D eigenvalue weighted by atomic mass is 16.5. The minimum Gasteiger partial charge on any atom is -0.399 e. The molecule has 100 valence electrons. The van der Waals surface area contributed by atoms with Crippen molar-refractivity contribution in [2.24, 2.45) is 0 Å². The highest BCUT2D eigenvalue weighted by molar-refractivity contribution is 5.56. The first-order chi connectivity index (χ1) is 8.75. The zero-order chi connectivity index (χ0) is 12.8. The molecule has 0 aliphatic carbocycles. The number of nitrogens with zero attached hydrogens (tertiary/aromatic N) is 1. The van der Waals surface area contributed by atoms with E-state index < -0.39 is 0 Å². The Morgan fingerprint density at radius 3 is 2.83 bits per heavy atom. The molecule has 18 heavy (non-hydrogen) atoms. The Kier molecular flexibility index (Phi) is 4.84. The van der Waals surface area contributed by atoms with Crippen molar-refractivity contribution >= 4 is 11.4 Å². The van der Waals surface area contributed by atoms with Crippen LogP contribution in [-0.4, -0.2) is 44.3 Å². The summed E-state index contributed by atoms with van der Waals surface area (Å²) in [5.74, 6) is 0. The number of nitrogen functional groups attached to an aromatic ring is 1. The monoisotopic (exact) mass is 249 g/mol. The van der Waals surface area contributed by atoms with Crippen LogP contribution in [-0.2, 0) is 4.74 Å². The van der Waals surface area contributed by atoms with Crippen molar-refractivity contribution < 1.29 is 4.74 Å². The Labute approximate surface area is 109 Å². The van der Waals surface area contributed by atoms with E-state index >= 15 is 0 Å². The number of rotatable bonds is 5. The molecule has 1 aliphatic heterocycles. The molecule has 4 nitrogen and oxygen atoms in total. The molecule has 1 aromatic carbocycles. The third kappa shape index (κ3) is 3.89. The van der Waals surface area contributed by atoms with E-state index in [1.54, 1.807) is 0 Å². The fourth-order valence-corrected chi connectivity index (χ4v) is 2.15. The number of hydrogen-bond acceptors (Lipinski definition) is 4. The van der Waals surface area contributed by atoms with Gasteiger partial charge in [0.25, 0.3) is 0 Å². The van der Waals surface area contributed by atoms with Crippen molar-refractivity contribution in [3.63, 3.8) is 0 Å². The Morgan fingerprint density at radius 1 is 1.33 bits per heavy atom. The van der Waals surface area contributed by atoms with E-state index in [-0.39, 0.29) is 0 Å². The number of nitrogens with two attached hydrogens (primary N) is 1. The lowest BCUT2D eigenvalue weighted by atomic mass is 10.2. The van der Waals surface area contributed by atoms with Crippen LogP contribution >= 0.6 is 0 Å². The van der Waals surface area contributed by atoms with E-state index in [4.69, 9.17) is 10.5 Å². The molecule has 0 atom stereocenters. The predicted molar refractivity (Wildman–Crippen MR) is 76.0 cm³/mol. The van der Waals surface area contributed by atoms with Gasteiger partial charge in [-0.1, -0.05) is 0 Å². The lowest BCUT2D eigenvalue weighted by Crippen LogP contribution is -2.37. The van der Waals surface area contributed by atoms with Gasteiger partial charge < -0.3 is 15.8 Å². The van der Waals surface area contributed by atoms with Crippen LogP contribution in [0.5, 0.6) is 0 Å². The quantitative estimate of drug-likeness (QED) is 0.616. The number of morpholine rings is 1. The van der Waals surface area contributed by atoms with Crippen molar-refractivity contribution in [1.29, 1.82) is 0 Å². The number of benzene rings is 1. The molecule has 3 N–H and O–H groups in total. The van der Waals surface area contributed by atoms with Gasteiger partial charge in [-0.15, -0.1) is 0 Å². The normalized spacial score (nSPS) is 16.7. The molecule has 4 heteroatoms. The number of anilines is 2. The van der Waals surface area contributed by atoms with Crippen LogP contribution in [0.4, 0.5) is 11.4 Å². The Morgan fingerprint density at radius 2 is 2.11 bits per heavy atom.